The number of benzene rings is 1. The van der Waals surface area contributed by atoms with E-state index in [1.165, 1.54) is 25.9 Å². The van der Waals surface area contributed by atoms with Crippen LogP contribution in [-0.4, -0.2) is 51.4 Å². The molecule has 1 saturated heterocycles. The van der Waals surface area contributed by atoms with Crippen LogP contribution < -0.4 is 10.1 Å². The number of piperidine rings is 1. The SMILES string of the molecule is COCCOc1cccc(NC2CCN(C)CC2)c1. The summed E-state index contributed by atoms with van der Waals surface area (Å²) in [5.41, 5.74) is 1.14. The molecule has 106 valence electrons. The normalized spacial score (nSPS) is 17.4. The van der Waals surface area contributed by atoms with Crippen LogP contribution in [0.2, 0.25) is 0 Å². The van der Waals surface area contributed by atoms with Gasteiger partial charge in [0.1, 0.15) is 12.4 Å². The molecule has 0 aliphatic carbocycles. The Labute approximate surface area is 115 Å². The summed E-state index contributed by atoms with van der Waals surface area (Å²) in [6.07, 6.45) is 2.40. The van der Waals surface area contributed by atoms with Gasteiger partial charge < -0.3 is 19.7 Å². The first-order chi connectivity index (χ1) is 9.28. The summed E-state index contributed by atoms with van der Waals surface area (Å²) >= 11 is 0. The van der Waals surface area contributed by atoms with E-state index in [0.29, 0.717) is 19.3 Å². The van der Waals surface area contributed by atoms with Gasteiger partial charge in [-0.05, 0) is 45.1 Å². The minimum atomic E-state index is 0.574. The van der Waals surface area contributed by atoms with Crippen LogP contribution in [0.1, 0.15) is 12.8 Å². The van der Waals surface area contributed by atoms with Crippen LogP contribution in [0.3, 0.4) is 0 Å². The van der Waals surface area contributed by atoms with Gasteiger partial charge in [-0.3, -0.25) is 0 Å². The minimum absolute atomic E-state index is 0.574. The molecule has 1 fully saturated rings. The van der Waals surface area contributed by atoms with E-state index in [0.717, 1.165) is 11.4 Å². The topological polar surface area (TPSA) is 33.7 Å². The number of rotatable bonds is 6. The third-order valence-corrected chi connectivity index (χ3v) is 3.48. The highest BCUT2D eigenvalue weighted by molar-refractivity contribution is 5.48. The Kier molecular flexibility index (Phi) is 5.48. The molecule has 0 saturated carbocycles. The minimum Gasteiger partial charge on any atom is -0.491 e. The monoisotopic (exact) mass is 264 g/mol. The van der Waals surface area contributed by atoms with Gasteiger partial charge in [0.15, 0.2) is 0 Å². The second kappa shape index (κ2) is 7.36. The number of ether oxygens (including phenoxy) is 2. The molecule has 0 spiro atoms. The lowest BCUT2D eigenvalue weighted by atomic mass is 10.1. The lowest BCUT2D eigenvalue weighted by Crippen LogP contribution is -2.36. The van der Waals surface area contributed by atoms with Crippen LogP contribution in [0.4, 0.5) is 5.69 Å². The molecule has 1 N–H and O–H groups in total. The van der Waals surface area contributed by atoms with Gasteiger partial charge in [-0.1, -0.05) is 6.07 Å². The fourth-order valence-corrected chi connectivity index (χ4v) is 2.31. The highest BCUT2D eigenvalue weighted by atomic mass is 16.5. The Bertz CT molecular complexity index is 376. The van der Waals surface area contributed by atoms with Gasteiger partial charge in [0.25, 0.3) is 0 Å². The van der Waals surface area contributed by atoms with Crippen molar-refractivity contribution in [3.63, 3.8) is 0 Å². The van der Waals surface area contributed by atoms with E-state index >= 15 is 0 Å². The molecule has 0 unspecified atom stereocenters. The van der Waals surface area contributed by atoms with Gasteiger partial charge in [0, 0.05) is 24.9 Å². The lowest BCUT2D eigenvalue weighted by molar-refractivity contribution is 0.146. The van der Waals surface area contributed by atoms with Crippen LogP contribution in [-0.2, 0) is 4.74 Å². The summed E-state index contributed by atoms with van der Waals surface area (Å²) < 4.78 is 10.6. The molecule has 1 aromatic rings. The van der Waals surface area contributed by atoms with E-state index in [9.17, 15) is 0 Å². The third-order valence-electron chi connectivity index (χ3n) is 3.48. The second-order valence-electron chi connectivity index (χ2n) is 5.09. The predicted molar refractivity (Wildman–Crippen MR) is 78.0 cm³/mol. The Morgan fingerprint density at radius 3 is 2.79 bits per heavy atom. The number of nitrogens with zero attached hydrogens (tertiary/aromatic N) is 1. The van der Waals surface area contributed by atoms with Crippen LogP contribution in [0, 0.1) is 0 Å². The van der Waals surface area contributed by atoms with E-state index in [1.807, 2.05) is 12.1 Å². The van der Waals surface area contributed by atoms with Gasteiger partial charge >= 0.3 is 0 Å². The van der Waals surface area contributed by atoms with Gasteiger partial charge in [0.2, 0.25) is 0 Å². The number of hydrogen-bond acceptors (Lipinski definition) is 4. The molecule has 0 atom stereocenters. The number of anilines is 1. The second-order valence-corrected chi connectivity index (χ2v) is 5.09. The smallest absolute Gasteiger partial charge is 0.121 e. The van der Waals surface area contributed by atoms with Gasteiger partial charge in [-0.15, -0.1) is 0 Å². The largest absolute Gasteiger partial charge is 0.491 e. The number of methoxy groups -OCH3 is 1. The van der Waals surface area contributed by atoms with Crippen molar-refractivity contribution >= 4 is 5.69 Å². The van der Waals surface area contributed by atoms with E-state index in [2.05, 4.69) is 29.4 Å². The van der Waals surface area contributed by atoms with E-state index in [1.54, 1.807) is 7.11 Å². The zero-order chi connectivity index (χ0) is 13.5. The zero-order valence-electron chi connectivity index (χ0n) is 11.9. The summed E-state index contributed by atoms with van der Waals surface area (Å²) in [7, 11) is 3.86. The molecular formula is C15H24N2O2. The van der Waals surface area contributed by atoms with Gasteiger partial charge in [-0.2, -0.15) is 0 Å². The molecule has 2 rings (SSSR count). The Morgan fingerprint density at radius 2 is 2.05 bits per heavy atom. The highest BCUT2D eigenvalue weighted by Gasteiger charge is 2.16. The lowest BCUT2D eigenvalue weighted by Gasteiger charge is -2.30. The summed E-state index contributed by atoms with van der Waals surface area (Å²) in [5.74, 6) is 0.898. The van der Waals surface area contributed by atoms with Crippen molar-refractivity contribution in [2.24, 2.45) is 0 Å². The van der Waals surface area contributed by atoms with E-state index in [4.69, 9.17) is 9.47 Å². The van der Waals surface area contributed by atoms with Crippen LogP contribution in [0.15, 0.2) is 24.3 Å². The maximum atomic E-state index is 5.62. The molecule has 0 bridgehead atoms. The molecule has 0 radical (unpaired) electrons. The summed E-state index contributed by atoms with van der Waals surface area (Å²) in [6.45, 7) is 3.55. The quantitative estimate of drug-likeness (QED) is 0.799. The summed E-state index contributed by atoms with van der Waals surface area (Å²) in [6, 6.07) is 8.75. The van der Waals surface area contributed by atoms with Crippen molar-refractivity contribution in [1.82, 2.24) is 4.90 Å². The van der Waals surface area contributed by atoms with Crippen molar-refractivity contribution in [2.75, 3.05) is 45.8 Å². The number of likely N-dealkylation sites (tertiary alicyclic amines) is 1. The molecular weight excluding hydrogens is 240 g/mol. The van der Waals surface area contributed by atoms with Crippen molar-refractivity contribution in [1.29, 1.82) is 0 Å². The fourth-order valence-electron chi connectivity index (χ4n) is 2.31. The van der Waals surface area contributed by atoms with Crippen molar-refractivity contribution in [3.05, 3.63) is 24.3 Å². The predicted octanol–water partition coefficient (Wildman–Crippen LogP) is 2.22. The molecule has 1 aliphatic rings. The maximum Gasteiger partial charge on any atom is 0.121 e. The number of nitrogens with one attached hydrogen (secondary N) is 1. The highest BCUT2D eigenvalue weighted by Crippen LogP contribution is 2.20. The van der Waals surface area contributed by atoms with Crippen LogP contribution in [0.5, 0.6) is 5.75 Å². The first kappa shape index (κ1) is 14.2. The molecule has 4 nitrogen and oxygen atoms in total. The molecule has 1 aromatic carbocycles. The standard InChI is InChI=1S/C15H24N2O2/c1-17-8-6-13(7-9-17)16-14-4-3-5-15(12-14)19-11-10-18-2/h3-5,12-13,16H,6-11H2,1-2H3. The average Bonchev–Trinajstić information content (AvgIpc) is 2.42. The molecule has 1 heterocycles. The van der Waals surface area contributed by atoms with E-state index in [-0.39, 0.29) is 0 Å². The summed E-state index contributed by atoms with van der Waals surface area (Å²) in [4.78, 5) is 2.38. The number of hydrogen-bond donors (Lipinski definition) is 1. The Hall–Kier alpha value is -1.26. The van der Waals surface area contributed by atoms with E-state index < -0.39 is 0 Å². The maximum absolute atomic E-state index is 5.62. The Balaban J connectivity index is 1.84. The van der Waals surface area contributed by atoms with Crippen molar-refractivity contribution in [3.8, 4) is 5.75 Å². The van der Waals surface area contributed by atoms with Gasteiger partial charge in [0.05, 0.1) is 6.61 Å². The van der Waals surface area contributed by atoms with Gasteiger partial charge in [-0.25, -0.2) is 0 Å². The molecule has 4 heteroatoms. The van der Waals surface area contributed by atoms with Crippen molar-refractivity contribution in [2.45, 2.75) is 18.9 Å². The molecule has 0 amide bonds. The van der Waals surface area contributed by atoms with Crippen molar-refractivity contribution < 1.29 is 9.47 Å². The summed E-state index contributed by atoms with van der Waals surface area (Å²) in [5, 5.41) is 3.59. The first-order valence-corrected chi connectivity index (χ1v) is 6.95. The van der Waals surface area contributed by atoms with Crippen LogP contribution in [0.25, 0.3) is 0 Å². The zero-order valence-corrected chi connectivity index (χ0v) is 11.9. The molecule has 0 aromatic heterocycles. The molecule has 19 heavy (non-hydrogen) atoms. The third kappa shape index (κ3) is 4.73. The molecule has 1 aliphatic heterocycles. The Morgan fingerprint density at radius 1 is 1.26 bits per heavy atom. The fraction of sp³-hybridized carbons (Fsp3) is 0.600. The van der Waals surface area contributed by atoms with Crippen LogP contribution >= 0.6 is 0 Å². The first-order valence-electron chi connectivity index (χ1n) is 6.95. The average molecular weight is 264 g/mol.